The van der Waals surface area contributed by atoms with Crippen LogP contribution >= 0.6 is 11.8 Å². The Morgan fingerprint density at radius 2 is 1.74 bits per heavy atom. The Kier molecular flexibility index (Phi) is 5.27. The minimum absolute atomic E-state index is 0.0742. The molecule has 2 aliphatic rings. The number of carboxylic acids is 1. The predicted octanol–water partition coefficient (Wildman–Crippen LogP) is 4.02. The molecule has 27 heavy (non-hydrogen) atoms. The lowest BCUT2D eigenvalue weighted by atomic mass is 9.91. The molecule has 4 rings (SSSR count). The van der Waals surface area contributed by atoms with Crippen LogP contribution in [0, 0.1) is 5.92 Å². The molecule has 1 atom stereocenters. The number of benzene rings is 2. The van der Waals surface area contributed by atoms with E-state index >= 15 is 0 Å². The van der Waals surface area contributed by atoms with E-state index in [1.54, 1.807) is 11.8 Å². The fourth-order valence-corrected chi connectivity index (χ4v) is 4.30. The van der Waals surface area contributed by atoms with E-state index in [2.05, 4.69) is 47.6 Å². The van der Waals surface area contributed by atoms with Crippen molar-refractivity contribution >= 4 is 17.7 Å². The average molecular weight is 385 g/mol. The van der Waals surface area contributed by atoms with Gasteiger partial charge in [-0.3, -0.25) is 9.69 Å². The molecule has 0 saturated carbocycles. The van der Waals surface area contributed by atoms with Crippen LogP contribution in [0.25, 0.3) is 0 Å². The maximum absolute atomic E-state index is 11.3. The smallest absolute Gasteiger partial charge is 0.306 e. The van der Waals surface area contributed by atoms with Crippen LogP contribution in [0.5, 0.6) is 11.5 Å². The fraction of sp³-hybridized carbons (Fsp3) is 0.381. The van der Waals surface area contributed by atoms with Crippen LogP contribution < -0.4 is 9.47 Å². The number of piperidine rings is 1. The lowest BCUT2D eigenvalue weighted by Crippen LogP contribution is -2.39. The zero-order valence-electron chi connectivity index (χ0n) is 15.3. The second kappa shape index (κ2) is 7.82. The minimum Gasteiger partial charge on any atom is -0.481 e. The summed E-state index contributed by atoms with van der Waals surface area (Å²) in [6.45, 7) is 1.79. The molecule has 0 amide bonds. The molecule has 1 saturated heterocycles. The number of aliphatic carboxylic acids is 1. The molecule has 2 aromatic rings. The molecule has 0 aliphatic carbocycles. The maximum Gasteiger partial charge on any atom is 0.306 e. The van der Waals surface area contributed by atoms with Crippen LogP contribution in [0.3, 0.4) is 0 Å². The van der Waals surface area contributed by atoms with Crippen LogP contribution in [-0.4, -0.2) is 42.1 Å². The highest BCUT2D eigenvalue weighted by Crippen LogP contribution is 2.39. The molecule has 6 heteroatoms. The number of rotatable bonds is 5. The van der Waals surface area contributed by atoms with Gasteiger partial charge < -0.3 is 14.6 Å². The van der Waals surface area contributed by atoms with E-state index in [9.17, 15) is 9.90 Å². The number of carbonyl (C=O) groups is 1. The number of nitrogens with zero attached hydrogens (tertiary/aromatic N) is 1. The van der Waals surface area contributed by atoms with Gasteiger partial charge in [-0.15, -0.1) is 11.8 Å². The van der Waals surface area contributed by atoms with Gasteiger partial charge in [-0.2, -0.15) is 0 Å². The van der Waals surface area contributed by atoms with Gasteiger partial charge in [-0.05, 0) is 67.6 Å². The summed E-state index contributed by atoms with van der Waals surface area (Å²) in [5.41, 5.74) is 2.35. The summed E-state index contributed by atoms with van der Waals surface area (Å²) in [4.78, 5) is 14.9. The molecule has 0 aromatic heterocycles. The van der Waals surface area contributed by atoms with Crippen molar-refractivity contribution in [2.75, 3.05) is 26.1 Å². The van der Waals surface area contributed by atoms with Gasteiger partial charge in [0, 0.05) is 4.90 Å². The molecule has 1 fully saturated rings. The number of likely N-dealkylation sites (tertiary alicyclic amines) is 1. The van der Waals surface area contributed by atoms with E-state index in [0.29, 0.717) is 12.8 Å². The van der Waals surface area contributed by atoms with Gasteiger partial charge in [-0.25, -0.2) is 0 Å². The van der Waals surface area contributed by atoms with Crippen molar-refractivity contribution in [1.29, 1.82) is 0 Å². The van der Waals surface area contributed by atoms with Crippen LogP contribution in [0.2, 0.25) is 0 Å². The van der Waals surface area contributed by atoms with Gasteiger partial charge in [0.2, 0.25) is 6.79 Å². The van der Waals surface area contributed by atoms with Gasteiger partial charge in [0.15, 0.2) is 11.5 Å². The number of carboxylic acid groups (broad SMARTS) is 1. The van der Waals surface area contributed by atoms with Crippen molar-refractivity contribution < 1.29 is 19.4 Å². The molecule has 2 aromatic carbocycles. The summed E-state index contributed by atoms with van der Waals surface area (Å²) < 4.78 is 11.0. The molecule has 0 spiro atoms. The number of thioether (sulfide) groups is 1. The van der Waals surface area contributed by atoms with E-state index in [1.807, 2.05) is 6.07 Å². The van der Waals surface area contributed by atoms with Gasteiger partial charge in [0.1, 0.15) is 0 Å². The van der Waals surface area contributed by atoms with Crippen molar-refractivity contribution in [2.24, 2.45) is 5.92 Å². The Morgan fingerprint density at radius 3 is 2.41 bits per heavy atom. The maximum atomic E-state index is 11.3. The van der Waals surface area contributed by atoms with Gasteiger partial charge in [0.05, 0.1) is 12.0 Å². The largest absolute Gasteiger partial charge is 0.481 e. The first-order chi connectivity index (χ1) is 13.2. The highest BCUT2D eigenvalue weighted by atomic mass is 32.2. The summed E-state index contributed by atoms with van der Waals surface area (Å²) in [6, 6.07) is 14.8. The molecular formula is C21H23NO4S. The summed E-state index contributed by atoms with van der Waals surface area (Å²) in [7, 11) is 0. The molecule has 142 valence electrons. The van der Waals surface area contributed by atoms with Crippen molar-refractivity contribution in [2.45, 2.75) is 23.8 Å². The van der Waals surface area contributed by atoms with Crippen molar-refractivity contribution in [1.82, 2.24) is 4.90 Å². The third kappa shape index (κ3) is 3.77. The van der Waals surface area contributed by atoms with Crippen LogP contribution in [0.1, 0.15) is 30.0 Å². The van der Waals surface area contributed by atoms with Gasteiger partial charge in [0.25, 0.3) is 0 Å². The van der Waals surface area contributed by atoms with Crippen molar-refractivity contribution in [3.63, 3.8) is 0 Å². The van der Waals surface area contributed by atoms with Crippen LogP contribution in [-0.2, 0) is 4.79 Å². The van der Waals surface area contributed by atoms with Crippen LogP contribution in [0.15, 0.2) is 47.4 Å². The quantitative estimate of drug-likeness (QED) is 0.785. The Bertz CT molecular complexity index is 815. The number of hydrogen-bond donors (Lipinski definition) is 1. The summed E-state index contributed by atoms with van der Waals surface area (Å²) >= 11 is 1.73. The highest BCUT2D eigenvalue weighted by molar-refractivity contribution is 7.98. The Hall–Kier alpha value is -2.18. The lowest BCUT2D eigenvalue weighted by molar-refractivity contribution is -0.143. The highest BCUT2D eigenvalue weighted by Gasteiger charge is 2.31. The first kappa shape index (κ1) is 18.2. The normalized spacial score (nSPS) is 18.4. The predicted molar refractivity (Wildman–Crippen MR) is 105 cm³/mol. The monoisotopic (exact) mass is 385 g/mol. The number of fused-ring (bicyclic) bond motifs is 1. The van der Waals surface area contributed by atoms with E-state index in [1.165, 1.54) is 10.5 Å². The second-order valence-electron chi connectivity index (χ2n) is 6.94. The number of ether oxygens (including phenoxy) is 2. The zero-order chi connectivity index (χ0) is 18.8. The van der Waals surface area contributed by atoms with Crippen LogP contribution in [0.4, 0.5) is 0 Å². The molecule has 1 N–H and O–H groups in total. The molecule has 2 heterocycles. The molecular weight excluding hydrogens is 362 g/mol. The Labute approximate surface area is 163 Å². The van der Waals surface area contributed by atoms with E-state index < -0.39 is 5.97 Å². The van der Waals surface area contributed by atoms with E-state index in [0.717, 1.165) is 30.2 Å². The summed E-state index contributed by atoms with van der Waals surface area (Å²) in [6.07, 6.45) is 3.43. The molecule has 2 aliphatic heterocycles. The van der Waals surface area contributed by atoms with E-state index in [-0.39, 0.29) is 18.8 Å². The number of hydrogen-bond acceptors (Lipinski definition) is 5. The molecule has 5 nitrogen and oxygen atoms in total. The lowest BCUT2D eigenvalue weighted by Gasteiger charge is -2.37. The van der Waals surface area contributed by atoms with Gasteiger partial charge in [-0.1, -0.05) is 18.2 Å². The second-order valence-corrected chi connectivity index (χ2v) is 7.82. The first-order valence-corrected chi connectivity index (χ1v) is 10.4. The minimum atomic E-state index is -0.682. The Morgan fingerprint density at radius 1 is 1.07 bits per heavy atom. The van der Waals surface area contributed by atoms with Gasteiger partial charge >= 0.3 is 5.97 Å². The topological polar surface area (TPSA) is 59.0 Å². The fourth-order valence-electron chi connectivity index (χ4n) is 3.89. The zero-order valence-corrected chi connectivity index (χ0v) is 16.1. The van der Waals surface area contributed by atoms with Crippen molar-refractivity contribution in [3.05, 3.63) is 53.6 Å². The molecule has 1 unspecified atom stereocenters. The standard InChI is InChI=1S/C21H23NO4S/c1-27-17-5-2-14(3-6-17)20(22-10-8-15(9-11-22)21(23)24)16-4-7-18-19(12-16)26-13-25-18/h2-7,12,15,20H,8-11,13H2,1H3,(H,23,24). The first-order valence-electron chi connectivity index (χ1n) is 9.16. The SMILES string of the molecule is CSc1ccc(C(c2ccc3c(c2)OCO3)N2CCC(C(=O)O)CC2)cc1. The molecule has 0 bridgehead atoms. The average Bonchev–Trinajstić information content (AvgIpc) is 3.17. The molecule has 0 radical (unpaired) electrons. The Balaban J connectivity index is 1.66. The summed E-state index contributed by atoms with van der Waals surface area (Å²) in [5.74, 6) is 0.634. The van der Waals surface area contributed by atoms with E-state index in [4.69, 9.17) is 9.47 Å². The third-order valence-corrected chi connectivity index (χ3v) is 6.13. The third-order valence-electron chi connectivity index (χ3n) is 5.39. The van der Waals surface area contributed by atoms with Crippen molar-refractivity contribution in [3.8, 4) is 11.5 Å². The summed E-state index contributed by atoms with van der Waals surface area (Å²) in [5, 5.41) is 9.31.